The molecule has 1 saturated heterocycles. The maximum atomic E-state index is 12.3. The molecule has 0 aliphatic carbocycles. The van der Waals surface area contributed by atoms with E-state index < -0.39 is 10.0 Å². The Balaban J connectivity index is 2.07. The summed E-state index contributed by atoms with van der Waals surface area (Å²) in [4.78, 5) is 6.47. The fraction of sp³-hybridized carbons (Fsp3) is 0.615. The van der Waals surface area contributed by atoms with Crippen molar-refractivity contribution in [3.63, 3.8) is 0 Å². The Kier molecular flexibility index (Phi) is 4.74. The highest BCUT2D eigenvalue weighted by Crippen LogP contribution is 2.18. The van der Waals surface area contributed by atoms with Gasteiger partial charge in [0, 0.05) is 24.8 Å². The summed E-state index contributed by atoms with van der Waals surface area (Å²) in [6.45, 7) is 3.32. The van der Waals surface area contributed by atoms with Gasteiger partial charge >= 0.3 is 0 Å². The highest BCUT2D eigenvalue weighted by molar-refractivity contribution is 7.89. The zero-order valence-electron chi connectivity index (χ0n) is 11.9. The third-order valence-electron chi connectivity index (χ3n) is 3.85. The molecule has 0 aromatic carbocycles. The fourth-order valence-electron chi connectivity index (χ4n) is 2.37. The lowest BCUT2D eigenvalue weighted by Gasteiger charge is -2.35. The maximum absolute atomic E-state index is 12.3. The quantitative estimate of drug-likeness (QED) is 0.835. The second-order valence-electron chi connectivity index (χ2n) is 5.36. The Morgan fingerprint density at radius 2 is 2.25 bits per heavy atom. The number of nitrogens with one attached hydrogen (secondary N) is 1. The molecular formula is C13H22N4O2S. The first-order chi connectivity index (χ1) is 9.42. The van der Waals surface area contributed by atoms with Gasteiger partial charge in [-0.25, -0.2) is 13.1 Å². The van der Waals surface area contributed by atoms with Crippen molar-refractivity contribution >= 4 is 10.0 Å². The van der Waals surface area contributed by atoms with E-state index in [1.807, 2.05) is 0 Å². The number of hydrogen-bond acceptors (Lipinski definition) is 5. The van der Waals surface area contributed by atoms with E-state index in [0.717, 1.165) is 19.4 Å². The first kappa shape index (κ1) is 15.4. The predicted molar refractivity (Wildman–Crippen MR) is 77.6 cm³/mol. The summed E-state index contributed by atoms with van der Waals surface area (Å²) in [5.74, 6) is 0. The summed E-state index contributed by atoms with van der Waals surface area (Å²) in [5, 5.41) is 0. The van der Waals surface area contributed by atoms with Crippen molar-refractivity contribution in [1.29, 1.82) is 0 Å². The molecule has 2 heterocycles. The van der Waals surface area contributed by atoms with Crippen LogP contribution in [0.2, 0.25) is 0 Å². The lowest BCUT2D eigenvalue weighted by atomic mass is 10.0. The number of sulfonamides is 1. The van der Waals surface area contributed by atoms with Gasteiger partial charge in [0.2, 0.25) is 10.0 Å². The van der Waals surface area contributed by atoms with Crippen LogP contribution in [0.1, 0.15) is 25.5 Å². The Morgan fingerprint density at radius 3 is 2.80 bits per heavy atom. The van der Waals surface area contributed by atoms with Crippen LogP contribution in [0, 0.1) is 0 Å². The standard InChI is InChI=1S/C13H22N4O2S/c1-10-7-11(5-6-17(10)2)16-20(18,19)13-4-3-12(8-14)15-9-13/h3-4,9-11,16H,5-8,14H2,1-2H3. The molecule has 0 bridgehead atoms. The average Bonchev–Trinajstić information content (AvgIpc) is 2.43. The van der Waals surface area contributed by atoms with E-state index >= 15 is 0 Å². The number of rotatable bonds is 4. The third kappa shape index (κ3) is 3.54. The van der Waals surface area contributed by atoms with Crippen LogP contribution in [0.3, 0.4) is 0 Å². The maximum Gasteiger partial charge on any atom is 0.242 e. The van der Waals surface area contributed by atoms with Crippen molar-refractivity contribution < 1.29 is 8.42 Å². The Morgan fingerprint density at radius 1 is 1.50 bits per heavy atom. The molecule has 0 radical (unpaired) electrons. The second-order valence-corrected chi connectivity index (χ2v) is 7.08. The molecule has 1 aromatic heterocycles. The van der Waals surface area contributed by atoms with Crippen LogP contribution >= 0.6 is 0 Å². The molecule has 0 spiro atoms. The summed E-state index contributed by atoms with van der Waals surface area (Å²) in [5.41, 5.74) is 6.13. The van der Waals surface area contributed by atoms with Gasteiger partial charge in [-0.1, -0.05) is 0 Å². The summed E-state index contributed by atoms with van der Waals surface area (Å²) in [6, 6.07) is 3.57. The first-order valence-corrected chi connectivity index (χ1v) is 8.28. The van der Waals surface area contributed by atoms with Crippen molar-refractivity contribution in [1.82, 2.24) is 14.6 Å². The SMILES string of the molecule is CC1CC(NS(=O)(=O)c2ccc(CN)nc2)CCN1C. The molecule has 0 amide bonds. The molecule has 7 heteroatoms. The summed E-state index contributed by atoms with van der Waals surface area (Å²) < 4.78 is 27.4. The molecule has 2 rings (SSSR count). The van der Waals surface area contributed by atoms with Gasteiger partial charge < -0.3 is 10.6 Å². The van der Waals surface area contributed by atoms with E-state index in [9.17, 15) is 8.42 Å². The number of piperidine rings is 1. The lowest BCUT2D eigenvalue weighted by molar-refractivity contribution is 0.178. The largest absolute Gasteiger partial charge is 0.325 e. The van der Waals surface area contributed by atoms with Gasteiger partial charge in [0.05, 0.1) is 5.69 Å². The monoisotopic (exact) mass is 298 g/mol. The number of nitrogens with zero attached hydrogens (tertiary/aromatic N) is 2. The molecule has 1 aliphatic rings. The molecular weight excluding hydrogens is 276 g/mol. The summed E-state index contributed by atoms with van der Waals surface area (Å²) in [6.07, 6.45) is 3.02. The van der Waals surface area contributed by atoms with E-state index in [4.69, 9.17) is 5.73 Å². The number of aromatic nitrogens is 1. The molecule has 1 aromatic rings. The normalized spacial score (nSPS) is 24.8. The van der Waals surface area contributed by atoms with E-state index in [0.29, 0.717) is 18.3 Å². The van der Waals surface area contributed by atoms with Crippen molar-refractivity contribution in [2.24, 2.45) is 5.73 Å². The van der Waals surface area contributed by atoms with Crippen LogP contribution in [0.4, 0.5) is 0 Å². The van der Waals surface area contributed by atoms with Crippen LogP contribution in [-0.4, -0.2) is 44.0 Å². The van der Waals surface area contributed by atoms with Gasteiger partial charge in [-0.15, -0.1) is 0 Å². The van der Waals surface area contributed by atoms with Crippen LogP contribution in [0.15, 0.2) is 23.2 Å². The zero-order chi connectivity index (χ0) is 14.8. The minimum atomic E-state index is -3.50. The first-order valence-electron chi connectivity index (χ1n) is 6.80. The highest BCUT2D eigenvalue weighted by atomic mass is 32.2. The van der Waals surface area contributed by atoms with Gasteiger partial charge in [-0.2, -0.15) is 0 Å². The van der Waals surface area contributed by atoms with Gasteiger partial charge in [0.15, 0.2) is 0 Å². The van der Waals surface area contributed by atoms with Crippen molar-refractivity contribution in [2.75, 3.05) is 13.6 Å². The number of hydrogen-bond donors (Lipinski definition) is 2. The molecule has 3 N–H and O–H groups in total. The van der Waals surface area contributed by atoms with Gasteiger partial charge in [0.25, 0.3) is 0 Å². The van der Waals surface area contributed by atoms with E-state index in [1.165, 1.54) is 6.20 Å². The highest BCUT2D eigenvalue weighted by Gasteiger charge is 2.27. The Bertz CT molecular complexity index is 544. The topological polar surface area (TPSA) is 88.3 Å². The summed E-state index contributed by atoms with van der Waals surface area (Å²) >= 11 is 0. The molecule has 2 unspecified atom stereocenters. The molecule has 2 atom stereocenters. The molecule has 1 aliphatic heterocycles. The molecule has 6 nitrogen and oxygen atoms in total. The minimum Gasteiger partial charge on any atom is -0.325 e. The molecule has 0 saturated carbocycles. The fourth-order valence-corrected chi connectivity index (χ4v) is 3.60. The zero-order valence-corrected chi connectivity index (χ0v) is 12.7. The minimum absolute atomic E-state index is 0.0135. The Labute approximate surface area is 120 Å². The lowest BCUT2D eigenvalue weighted by Crippen LogP contribution is -2.47. The molecule has 1 fully saturated rings. The number of likely N-dealkylation sites (tertiary alicyclic amines) is 1. The van der Waals surface area contributed by atoms with Crippen molar-refractivity contribution in [3.05, 3.63) is 24.0 Å². The summed E-state index contributed by atoms with van der Waals surface area (Å²) in [7, 11) is -1.44. The average molecular weight is 298 g/mol. The smallest absolute Gasteiger partial charge is 0.242 e. The van der Waals surface area contributed by atoms with Crippen LogP contribution in [-0.2, 0) is 16.6 Å². The third-order valence-corrected chi connectivity index (χ3v) is 5.35. The van der Waals surface area contributed by atoms with E-state index in [2.05, 4.69) is 28.6 Å². The van der Waals surface area contributed by atoms with E-state index in [-0.39, 0.29) is 10.9 Å². The predicted octanol–water partition coefficient (Wildman–Crippen LogP) is 0.301. The van der Waals surface area contributed by atoms with Gasteiger partial charge in [0.1, 0.15) is 4.90 Å². The van der Waals surface area contributed by atoms with E-state index in [1.54, 1.807) is 12.1 Å². The molecule has 20 heavy (non-hydrogen) atoms. The van der Waals surface area contributed by atoms with Crippen molar-refractivity contribution in [2.45, 2.75) is 43.3 Å². The van der Waals surface area contributed by atoms with Crippen LogP contribution < -0.4 is 10.5 Å². The Hall–Kier alpha value is -1.02. The van der Waals surface area contributed by atoms with Crippen LogP contribution in [0.25, 0.3) is 0 Å². The number of pyridine rings is 1. The van der Waals surface area contributed by atoms with Gasteiger partial charge in [-0.05, 0) is 45.5 Å². The van der Waals surface area contributed by atoms with Crippen molar-refractivity contribution in [3.8, 4) is 0 Å². The van der Waals surface area contributed by atoms with Crippen LogP contribution in [0.5, 0.6) is 0 Å². The number of nitrogens with two attached hydrogens (primary N) is 1. The van der Waals surface area contributed by atoms with Gasteiger partial charge in [-0.3, -0.25) is 4.98 Å². The second kappa shape index (κ2) is 6.17. The molecule has 112 valence electrons.